The van der Waals surface area contributed by atoms with Crippen molar-refractivity contribution >= 4 is 23.5 Å². The minimum atomic E-state index is -1.10. The van der Waals surface area contributed by atoms with Crippen molar-refractivity contribution in [2.24, 2.45) is 5.92 Å². The number of aliphatic carboxylic acids is 1. The highest BCUT2D eigenvalue weighted by Crippen LogP contribution is 2.15. The monoisotopic (exact) mass is 372 g/mol. The van der Waals surface area contributed by atoms with Gasteiger partial charge in [0, 0.05) is 11.6 Å². The van der Waals surface area contributed by atoms with Gasteiger partial charge in [0.15, 0.2) is 0 Å². The Morgan fingerprint density at radius 1 is 1.07 bits per heavy atom. The van der Waals surface area contributed by atoms with Gasteiger partial charge in [0.25, 0.3) is 0 Å². The van der Waals surface area contributed by atoms with Crippen LogP contribution in [0.3, 0.4) is 0 Å². The number of nitrogens with one attached hydrogen (secondary N) is 2. The maximum Gasteiger partial charge on any atom is 0.322 e. The van der Waals surface area contributed by atoms with E-state index >= 15 is 0 Å². The summed E-state index contributed by atoms with van der Waals surface area (Å²) in [6, 6.07) is 12.9. The van der Waals surface area contributed by atoms with Gasteiger partial charge in [-0.15, -0.1) is 0 Å². The summed E-state index contributed by atoms with van der Waals surface area (Å²) >= 11 is 0. The van der Waals surface area contributed by atoms with Gasteiger partial charge >= 0.3 is 5.97 Å². The van der Waals surface area contributed by atoms with Crippen molar-refractivity contribution in [3.63, 3.8) is 0 Å². The summed E-state index contributed by atoms with van der Waals surface area (Å²) in [5.41, 5.74) is 2.03. The highest BCUT2D eigenvalue weighted by Gasteiger charge is 2.14. The first-order chi connectivity index (χ1) is 12.8. The topological polar surface area (TPSA) is 95.5 Å². The summed E-state index contributed by atoms with van der Waals surface area (Å²) in [4.78, 5) is 34.3. The zero-order valence-electron chi connectivity index (χ0n) is 14.9. The molecule has 3 N–H and O–H groups in total. The van der Waals surface area contributed by atoms with Crippen molar-refractivity contribution in [3.05, 3.63) is 65.5 Å². The van der Waals surface area contributed by atoms with Crippen LogP contribution in [-0.2, 0) is 27.2 Å². The first kappa shape index (κ1) is 20.1. The fraction of sp³-hybridized carbons (Fsp3) is 0.250. The standard InChI is InChI=1S/C20H21FN2O4/c1-13(9-15-3-2-4-16(21)10-15)20(27)23-17-7-5-14(6-8-17)11-18(24)22-12-19(25)26/h2-8,10,13H,9,11-12H2,1H3,(H,22,24)(H,23,27)(H,25,26). The lowest BCUT2D eigenvalue weighted by Crippen LogP contribution is -2.30. The lowest BCUT2D eigenvalue weighted by atomic mass is 10.00. The molecule has 2 rings (SSSR count). The first-order valence-corrected chi connectivity index (χ1v) is 8.46. The lowest BCUT2D eigenvalue weighted by molar-refractivity contribution is -0.137. The van der Waals surface area contributed by atoms with E-state index in [-0.39, 0.29) is 24.1 Å². The predicted octanol–water partition coefficient (Wildman–Crippen LogP) is 2.39. The van der Waals surface area contributed by atoms with Crippen LogP contribution in [0, 0.1) is 11.7 Å². The van der Waals surface area contributed by atoms with Gasteiger partial charge in [-0.25, -0.2) is 4.39 Å². The maximum absolute atomic E-state index is 13.2. The van der Waals surface area contributed by atoms with E-state index in [1.165, 1.54) is 12.1 Å². The van der Waals surface area contributed by atoms with E-state index in [4.69, 9.17) is 5.11 Å². The highest BCUT2D eigenvalue weighted by atomic mass is 19.1. The Balaban J connectivity index is 1.86. The molecule has 0 aliphatic carbocycles. The van der Waals surface area contributed by atoms with Crippen LogP contribution in [0.1, 0.15) is 18.1 Å². The van der Waals surface area contributed by atoms with Gasteiger partial charge in [0.1, 0.15) is 12.4 Å². The van der Waals surface area contributed by atoms with Crippen molar-refractivity contribution < 1.29 is 23.9 Å². The summed E-state index contributed by atoms with van der Waals surface area (Å²) in [6.45, 7) is 1.34. The molecular weight excluding hydrogens is 351 g/mol. The number of carbonyl (C=O) groups excluding carboxylic acids is 2. The molecule has 1 unspecified atom stereocenters. The molecular formula is C20H21FN2O4. The Morgan fingerprint density at radius 3 is 2.41 bits per heavy atom. The SMILES string of the molecule is CC(Cc1cccc(F)c1)C(=O)Nc1ccc(CC(=O)NCC(=O)O)cc1. The van der Waals surface area contributed by atoms with Gasteiger partial charge < -0.3 is 15.7 Å². The van der Waals surface area contributed by atoms with Crippen LogP contribution in [0.15, 0.2) is 48.5 Å². The molecule has 0 aliphatic rings. The van der Waals surface area contributed by atoms with Gasteiger partial charge in [0.05, 0.1) is 6.42 Å². The van der Waals surface area contributed by atoms with E-state index in [9.17, 15) is 18.8 Å². The van der Waals surface area contributed by atoms with E-state index in [0.717, 1.165) is 5.56 Å². The van der Waals surface area contributed by atoms with Crippen molar-refractivity contribution in [3.8, 4) is 0 Å². The maximum atomic E-state index is 13.2. The molecule has 6 nitrogen and oxygen atoms in total. The van der Waals surface area contributed by atoms with Crippen LogP contribution in [0.25, 0.3) is 0 Å². The van der Waals surface area contributed by atoms with E-state index < -0.39 is 18.4 Å². The fourth-order valence-electron chi connectivity index (χ4n) is 2.50. The Hall–Kier alpha value is -3.22. The van der Waals surface area contributed by atoms with E-state index in [1.54, 1.807) is 43.3 Å². The molecule has 27 heavy (non-hydrogen) atoms. The number of carboxylic acids is 1. The third-order valence-corrected chi connectivity index (χ3v) is 3.90. The number of hydrogen-bond acceptors (Lipinski definition) is 3. The van der Waals surface area contributed by atoms with Crippen LogP contribution in [0.4, 0.5) is 10.1 Å². The second-order valence-electron chi connectivity index (χ2n) is 6.27. The van der Waals surface area contributed by atoms with Crippen molar-refractivity contribution in [1.82, 2.24) is 5.32 Å². The second kappa shape index (κ2) is 9.47. The molecule has 2 amide bonds. The second-order valence-corrected chi connectivity index (χ2v) is 6.27. The minimum absolute atomic E-state index is 0.0531. The Bertz CT molecular complexity index is 821. The van der Waals surface area contributed by atoms with Gasteiger partial charge in [0.2, 0.25) is 11.8 Å². The molecule has 0 saturated heterocycles. The summed E-state index contributed by atoms with van der Waals surface area (Å²) in [7, 11) is 0. The number of hydrogen-bond donors (Lipinski definition) is 3. The van der Waals surface area contributed by atoms with Crippen LogP contribution in [0.5, 0.6) is 0 Å². The molecule has 0 aliphatic heterocycles. The Morgan fingerprint density at radius 2 is 1.78 bits per heavy atom. The Kier molecular flexibility index (Phi) is 7.05. The summed E-state index contributed by atoms with van der Waals surface area (Å²) < 4.78 is 13.2. The number of anilines is 1. The number of amides is 2. The molecule has 1 atom stereocenters. The first-order valence-electron chi connectivity index (χ1n) is 8.46. The van der Waals surface area contributed by atoms with Gasteiger partial charge in [-0.1, -0.05) is 31.2 Å². The van der Waals surface area contributed by atoms with Crippen molar-refractivity contribution in [2.75, 3.05) is 11.9 Å². The van der Waals surface area contributed by atoms with E-state index in [1.807, 2.05) is 0 Å². The summed E-state index contributed by atoms with van der Waals surface area (Å²) in [6.07, 6.45) is 0.475. The van der Waals surface area contributed by atoms with Gasteiger partial charge in [-0.3, -0.25) is 14.4 Å². The number of benzene rings is 2. The van der Waals surface area contributed by atoms with Crippen LogP contribution in [0.2, 0.25) is 0 Å². The third kappa shape index (κ3) is 6.89. The van der Waals surface area contributed by atoms with Crippen molar-refractivity contribution in [2.45, 2.75) is 19.8 Å². The average Bonchev–Trinajstić information content (AvgIpc) is 2.61. The molecule has 2 aromatic rings. The van der Waals surface area contributed by atoms with Crippen molar-refractivity contribution in [1.29, 1.82) is 0 Å². The fourth-order valence-corrected chi connectivity index (χ4v) is 2.50. The van der Waals surface area contributed by atoms with Gasteiger partial charge in [-0.2, -0.15) is 0 Å². The Labute approximate surface area is 156 Å². The molecule has 7 heteroatoms. The van der Waals surface area contributed by atoms with Gasteiger partial charge in [-0.05, 0) is 41.8 Å². The predicted molar refractivity (Wildman–Crippen MR) is 98.7 cm³/mol. The smallest absolute Gasteiger partial charge is 0.322 e. The molecule has 0 heterocycles. The third-order valence-electron chi connectivity index (χ3n) is 3.90. The molecule has 0 saturated carbocycles. The summed E-state index contributed by atoms with van der Waals surface area (Å²) in [5.74, 6) is -2.35. The molecule has 0 radical (unpaired) electrons. The minimum Gasteiger partial charge on any atom is -0.480 e. The zero-order chi connectivity index (χ0) is 19.8. The number of rotatable bonds is 8. The largest absolute Gasteiger partial charge is 0.480 e. The zero-order valence-corrected chi connectivity index (χ0v) is 14.9. The molecule has 2 aromatic carbocycles. The average molecular weight is 372 g/mol. The van der Waals surface area contributed by atoms with Crippen LogP contribution in [-0.4, -0.2) is 29.4 Å². The number of carbonyl (C=O) groups is 3. The quantitative estimate of drug-likeness (QED) is 0.663. The molecule has 0 bridgehead atoms. The normalized spacial score (nSPS) is 11.5. The molecule has 0 aromatic heterocycles. The molecule has 142 valence electrons. The van der Waals surface area contributed by atoms with Crippen LogP contribution >= 0.6 is 0 Å². The molecule has 0 spiro atoms. The van der Waals surface area contributed by atoms with Crippen LogP contribution < -0.4 is 10.6 Å². The molecule has 0 fully saturated rings. The lowest BCUT2D eigenvalue weighted by Gasteiger charge is -2.13. The number of carboxylic acid groups (broad SMARTS) is 1. The highest BCUT2D eigenvalue weighted by molar-refractivity contribution is 5.92. The van der Waals surface area contributed by atoms with E-state index in [0.29, 0.717) is 17.7 Å². The van der Waals surface area contributed by atoms with E-state index in [2.05, 4.69) is 10.6 Å². The summed E-state index contributed by atoms with van der Waals surface area (Å²) in [5, 5.41) is 13.6. The number of halogens is 1.